The minimum absolute atomic E-state index is 0.293. The molecule has 0 spiro atoms. The average Bonchev–Trinajstić information content (AvgIpc) is 3.07. The van der Waals surface area contributed by atoms with Crippen LogP contribution in [0.3, 0.4) is 0 Å². The highest BCUT2D eigenvalue weighted by Crippen LogP contribution is 2.23. The summed E-state index contributed by atoms with van der Waals surface area (Å²) >= 11 is 0. The lowest BCUT2D eigenvalue weighted by Crippen LogP contribution is -2.01. The van der Waals surface area contributed by atoms with Gasteiger partial charge in [0.2, 0.25) is 0 Å². The second-order valence-electron chi connectivity index (χ2n) is 6.31. The monoisotopic (exact) mass is 355 g/mol. The summed E-state index contributed by atoms with van der Waals surface area (Å²) in [4.78, 5) is 13.5. The molecule has 6 heteroatoms. The van der Waals surface area contributed by atoms with Crippen LogP contribution in [0, 0.1) is 5.82 Å². The number of benzene rings is 2. The summed E-state index contributed by atoms with van der Waals surface area (Å²) in [5.74, 6) is -0.293. The van der Waals surface area contributed by atoms with E-state index in [1.165, 1.54) is 12.1 Å². The van der Waals surface area contributed by atoms with E-state index in [1.54, 1.807) is 18.5 Å². The summed E-state index contributed by atoms with van der Waals surface area (Å²) in [6.45, 7) is 0.598. The van der Waals surface area contributed by atoms with Gasteiger partial charge in [0.25, 0.3) is 0 Å². The number of aromatic nitrogens is 5. The van der Waals surface area contributed by atoms with Crippen LogP contribution in [-0.4, -0.2) is 24.7 Å². The Morgan fingerprint density at radius 2 is 1.85 bits per heavy atom. The van der Waals surface area contributed by atoms with Gasteiger partial charge in [0.15, 0.2) is 0 Å². The maximum atomic E-state index is 13.5. The Morgan fingerprint density at radius 3 is 2.70 bits per heavy atom. The van der Waals surface area contributed by atoms with Crippen molar-refractivity contribution in [3.8, 4) is 11.3 Å². The third-order valence-electron chi connectivity index (χ3n) is 4.39. The van der Waals surface area contributed by atoms with Crippen molar-refractivity contribution in [2.75, 3.05) is 0 Å². The van der Waals surface area contributed by atoms with Crippen molar-refractivity contribution in [3.63, 3.8) is 0 Å². The molecule has 2 aromatic carbocycles. The molecular formula is C21H14FN5. The van der Waals surface area contributed by atoms with Crippen LogP contribution < -0.4 is 0 Å². The van der Waals surface area contributed by atoms with E-state index in [1.807, 2.05) is 47.3 Å². The Balaban J connectivity index is 1.56. The molecule has 3 heterocycles. The fourth-order valence-electron chi connectivity index (χ4n) is 3.11. The molecule has 0 atom stereocenters. The zero-order valence-corrected chi connectivity index (χ0v) is 14.2. The predicted octanol–water partition coefficient (Wildman–Crippen LogP) is 4.23. The van der Waals surface area contributed by atoms with E-state index in [0.29, 0.717) is 17.8 Å². The number of hydrogen-bond donors (Lipinski definition) is 0. The summed E-state index contributed by atoms with van der Waals surface area (Å²) in [6, 6.07) is 16.1. The van der Waals surface area contributed by atoms with Gasteiger partial charge in [0.1, 0.15) is 5.82 Å². The number of hydrogen-bond acceptors (Lipinski definition) is 4. The lowest BCUT2D eigenvalue weighted by Gasteiger charge is -2.03. The molecule has 130 valence electrons. The molecule has 0 aliphatic carbocycles. The van der Waals surface area contributed by atoms with Gasteiger partial charge in [-0.15, -0.1) is 0 Å². The van der Waals surface area contributed by atoms with Gasteiger partial charge < -0.3 is 0 Å². The first-order valence-corrected chi connectivity index (χ1v) is 8.54. The molecule has 0 N–H and O–H groups in total. The lowest BCUT2D eigenvalue weighted by molar-refractivity contribution is 0.628. The number of rotatable bonds is 3. The highest BCUT2D eigenvalue weighted by Gasteiger charge is 2.08. The summed E-state index contributed by atoms with van der Waals surface area (Å²) < 4.78 is 15.4. The Hall–Kier alpha value is -3.67. The zero-order valence-electron chi connectivity index (χ0n) is 14.2. The largest absolute Gasteiger partial charge is 0.266 e. The minimum atomic E-state index is -0.293. The van der Waals surface area contributed by atoms with Gasteiger partial charge in [-0.05, 0) is 36.4 Å². The van der Waals surface area contributed by atoms with Crippen LogP contribution in [0.5, 0.6) is 0 Å². The van der Waals surface area contributed by atoms with Crippen molar-refractivity contribution in [1.29, 1.82) is 0 Å². The topological polar surface area (TPSA) is 56.5 Å². The van der Waals surface area contributed by atoms with E-state index in [0.717, 1.165) is 27.6 Å². The molecule has 5 nitrogen and oxygen atoms in total. The van der Waals surface area contributed by atoms with Gasteiger partial charge in [-0.25, -0.2) is 9.37 Å². The van der Waals surface area contributed by atoms with Crippen molar-refractivity contribution < 1.29 is 4.39 Å². The number of nitrogens with zero attached hydrogens (tertiary/aromatic N) is 5. The van der Waals surface area contributed by atoms with Crippen molar-refractivity contribution in [2.24, 2.45) is 0 Å². The Labute approximate surface area is 154 Å². The molecule has 0 saturated heterocycles. The van der Waals surface area contributed by atoms with E-state index in [4.69, 9.17) is 0 Å². The number of halogens is 1. The average molecular weight is 355 g/mol. The molecule has 0 aliphatic rings. The first-order valence-electron chi connectivity index (χ1n) is 8.54. The van der Waals surface area contributed by atoms with Gasteiger partial charge in [-0.1, -0.05) is 18.2 Å². The Bertz CT molecular complexity index is 1260. The van der Waals surface area contributed by atoms with E-state index < -0.39 is 0 Å². The van der Waals surface area contributed by atoms with Gasteiger partial charge in [-0.3, -0.25) is 14.6 Å². The molecule has 0 amide bonds. The molecule has 3 aromatic heterocycles. The smallest absolute Gasteiger partial charge is 0.123 e. The highest BCUT2D eigenvalue weighted by atomic mass is 19.1. The SMILES string of the molecule is Fc1cccc(-c2cnc3cc4cn(Cc5ccccn5)nc4cc3n2)c1. The van der Waals surface area contributed by atoms with Crippen molar-refractivity contribution in [3.05, 3.63) is 84.7 Å². The minimum Gasteiger partial charge on any atom is -0.266 e. The molecule has 0 saturated carbocycles. The number of fused-ring (bicyclic) bond motifs is 2. The summed E-state index contributed by atoms with van der Waals surface area (Å²) in [5.41, 5.74) is 4.62. The van der Waals surface area contributed by atoms with Crippen LogP contribution in [0.25, 0.3) is 33.2 Å². The molecule has 0 fully saturated rings. The van der Waals surface area contributed by atoms with Crippen LogP contribution >= 0.6 is 0 Å². The first-order chi connectivity index (χ1) is 13.2. The second-order valence-corrected chi connectivity index (χ2v) is 6.31. The van der Waals surface area contributed by atoms with Gasteiger partial charge >= 0.3 is 0 Å². The lowest BCUT2D eigenvalue weighted by atomic mass is 10.1. The Morgan fingerprint density at radius 1 is 0.889 bits per heavy atom. The van der Waals surface area contributed by atoms with E-state index >= 15 is 0 Å². The summed E-state index contributed by atoms with van der Waals surface area (Å²) in [5, 5.41) is 5.62. The third-order valence-corrected chi connectivity index (χ3v) is 4.39. The van der Waals surface area contributed by atoms with E-state index in [9.17, 15) is 4.39 Å². The fourth-order valence-corrected chi connectivity index (χ4v) is 3.11. The van der Waals surface area contributed by atoms with Crippen LogP contribution in [0.4, 0.5) is 4.39 Å². The van der Waals surface area contributed by atoms with Crippen molar-refractivity contribution in [1.82, 2.24) is 24.7 Å². The molecule has 5 rings (SSSR count). The molecule has 0 unspecified atom stereocenters. The van der Waals surface area contributed by atoms with Gasteiger partial charge in [-0.2, -0.15) is 5.10 Å². The number of pyridine rings is 1. The van der Waals surface area contributed by atoms with E-state index in [2.05, 4.69) is 20.1 Å². The predicted molar refractivity (Wildman–Crippen MR) is 102 cm³/mol. The first kappa shape index (κ1) is 15.6. The molecule has 5 aromatic rings. The summed E-state index contributed by atoms with van der Waals surface area (Å²) in [7, 11) is 0. The molecule has 0 aliphatic heterocycles. The van der Waals surface area contributed by atoms with Crippen molar-refractivity contribution in [2.45, 2.75) is 6.54 Å². The standard InChI is InChI=1S/C21H14FN5/c22-16-5-3-4-14(8-16)21-11-24-19-9-15-12-27(13-17-6-1-2-7-23-17)26-18(15)10-20(19)25-21/h1-12H,13H2. The maximum Gasteiger partial charge on any atom is 0.123 e. The van der Waals surface area contributed by atoms with Crippen LogP contribution in [-0.2, 0) is 6.54 Å². The third kappa shape index (κ3) is 3.01. The molecule has 27 heavy (non-hydrogen) atoms. The normalized spacial score (nSPS) is 11.3. The van der Waals surface area contributed by atoms with E-state index in [-0.39, 0.29) is 5.82 Å². The molecule has 0 bridgehead atoms. The maximum absolute atomic E-state index is 13.5. The van der Waals surface area contributed by atoms with Crippen molar-refractivity contribution >= 4 is 21.9 Å². The van der Waals surface area contributed by atoms with Crippen LogP contribution in [0.15, 0.2) is 73.2 Å². The Kier molecular flexibility index (Phi) is 3.60. The van der Waals surface area contributed by atoms with Gasteiger partial charge in [0.05, 0.1) is 40.7 Å². The second kappa shape index (κ2) is 6.25. The highest BCUT2D eigenvalue weighted by molar-refractivity contribution is 5.93. The summed E-state index contributed by atoms with van der Waals surface area (Å²) in [6.07, 6.45) is 5.42. The van der Waals surface area contributed by atoms with Crippen LogP contribution in [0.2, 0.25) is 0 Å². The van der Waals surface area contributed by atoms with Gasteiger partial charge in [0, 0.05) is 23.3 Å². The fraction of sp³-hybridized carbons (Fsp3) is 0.0476. The quantitative estimate of drug-likeness (QED) is 0.486. The molecule has 0 radical (unpaired) electrons. The zero-order chi connectivity index (χ0) is 18.2. The molecular weight excluding hydrogens is 341 g/mol. The van der Waals surface area contributed by atoms with Crippen LogP contribution in [0.1, 0.15) is 5.69 Å².